The molecule has 2 aromatic rings. The van der Waals surface area contributed by atoms with Crippen molar-refractivity contribution in [2.75, 3.05) is 11.9 Å². The van der Waals surface area contributed by atoms with Crippen LogP contribution >= 0.6 is 0 Å². The minimum Gasteiger partial charge on any atom is -0.381 e. The molecule has 0 bridgehead atoms. The fourth-order valence-corrected chi connectivity index (χ4v) is 2.37. The number of hydrogen-bond donors (Lipinski definition) is 2. The summed E-state index contributed by atoms with van der Waals surface area (Å²) in [6.07, 6.45) is 1.72. The van der Waals surface area contributed by atoms with Crippen LogP contribution in [0, 0.1) is 0 Å². The summed E-state index contributed by atoms with van der Waals surface area (Å²) >= 11 is 0. The standard InChI is InChI=1S/C15H12N2O2/c1-2-8-16-11-7-6-9-4-3-5-10-12(9)13(11)15(19)17-14(10)18/h2-7,16H,1,8H2,(H,17,18,19). The molecule has 0 saturated carbocycles. The van der Waals surface area contributed by atoms with Crippen LogP contribution in [-0.4, -0.2) is 18.4 Å². The van der Waals surface area contributed by atoms with Crippen molar-refractivity contribution >= 4 is 28.3 Å². The maximum Gasteiger partial charge on any atom is 0.260 e. The van der Waals surface area contributed by atoms with Crippen LogP contribution in [0.5, 0.6) is 0 Å². The van der Waals surface area contributed by atoms with Gasteiger partial charge in [-0.05, 0) is 17.5 Å². The number of anilines is 1. The fraction of sp³-hybridized carbons (Fsp3) is 0.0667. The Balaban J connectivity index is 2.33. The molecule has 0 aliphatic carbocycles. The van der Waals surface area contributed by atoms with E-state index >= 15 is 0 Å². The van der Waals surface area contributed by atoms with E-state index in [-0.39, 0.29) is 11.8 Å². The highest BCUT2D eigenvalue weighted by atomic mass is 16.2. The Bertz CT molecular complexity index is 719. The van der Waals surface area contributed by atoms with Crippen molar-refractivity contribution in [2.45, 2.75) is 0 Å². The summed E-state index contributed by atoms with van der Waals surface area (Å²) in [6.45, 7) is 4.20. The van der Waals surface area contributed by atoms with E-state index < -0.39 is 0 Å². The molecule has 0 saturated heterocycles. The number of nitrogens with one attached hydrogen (secondary N) is 2. The molecule has 0 aromatic heterocycles. The fourth-order valence-electron chi connectivity index (χ4n) is 2.37. The van der Waals surface area contributed by atoms with Crippen molar-refractivity contribution < 1.29 is 9.59 Å². The molecular formula is C15H12N2O2. The lowest BCUT2D eigenvalue weighted by atomic mass is 9.94. The molecule has 3 rings (SSSR count). The molecule has 1 aliphatic heterocycles. The van der Waals surface area contributed by atoms with Gasteiger partial charge in [-0.25, -0.2) is 0 Å². The van der Waals surface area contributed by atoms with Gasteiger partial charge in [0, 0.05) is 23.2 Å². The largest absolute Gasteiger partial charge is 0.381 e. The molecular weight excluding hydrogens is 240 g/mol. The molecule has 19 heavy (non-hydrogen) atoms. The summed E-state index contributed by atoms with van der Waals surface area (Å²) in [5.74, 6) is -0.704. The Morgan fingerprint density at radius 2 is 2.00 bits per heavy atom. The molecule has 1 aliphatic rings. The lowest BCUT2D eigenvalue weighted by molar-refractivity contribution is 0.0845. The molecule has 0 spiro atoms. The van der Waals surface area contributed by atoms with Gasteiger partial charge >= 0.3 is 0 Å². The highest BCUT2D eigenvalue weighted by Gasteiger charge is 2.26. The monoisotopic (exact) mass is 252 g/mol. The van der Waals surface area contributed by atoms with Gasteiger partial charge in [-0.2, -0.15) is 0 Å². The summed E-state index contributed by atoms with van der Waals surface area (Å²) < 4.78 is 0. The molecule has 2 N–H and O–H groups in total. The van der Waals surface area contributed by atoms with Gasteiger partial charge in [0.2, 0.25) is 0 Å². The number of amides is 2. The average Bonchev–Trinajstić information content (AvgIpc) is 2.42. The molecule has 0 fully saturated rings. The van der Waals surface area contributed by atoms with Crippen LogP contribution in [0.4, 0.5) is 5.69 Å². The number of carbonyl (C=O) groups excluding carboxylic acids is 2. The molecule has 0 unspecified atom stereocenters. The van der Waals surface area contributed by atoms with E-state index in [9.17, 15) is 9.59 Å². The quantitative estimate of drug-likeness (QED) is 0.651. The first kappa shape index (κ1) is 11.5. The van der Waals surface area contributed by atoms with E-state index in [0.29, 0.717) is 28.7 Å². The smallest absolute Gasteiger partial charge is 0.260 e. The van der Waals surface area contributed by atoms with Gasteiger partial charge in [-0.1, -0.05) is 24.3 Å². The molecule has 0 radical (unpaired) electrons. The zero-order valence-corrected chi connectivity index (χ0v) is 10.2. The summed E-state index contributed by atoms with van der Waals surface area (Å²) in [6, 6.07) is 9.18. The van der Waals surface area contributed by atoms with Crippen molar-refractivity contribution in [3.8, 4) is 0 Å². The van der Waals surface area contributed by atoms with E-state index in [1.165, 1.54) is 0 Å². The summed E-state index contributed by atoms with van der Waals surface area (Å²) in [7, 11) is 0. The number of benzene rings is 2. The van der Waals surface area contributed by atoms with Crippen molar-refractivity contribution in [2.24, 2.45) is 0 Å². The van der Waals surface area contributed by atoms with Gasteiger partial charge in [0.1, 0.15) is 0 Å². The van der Waals surface area contributed by atoms with Crippen molar-refractivity contribution in [1.29, 1.82) is 0 Å². The molecule has 2 amide bonds. The van der Waals surface area contributed by atoms with E-state index in [1.54, 1.807) is 12.1 Å². The van der Waals surface area contributed by atoms with E-state index in [2.05, 4.69) is 17.2 Å². The van der Waals surface area contributed by atoms with Crippen molar-refractivity contribution in [3.63, 3.8) is 0 Å². The van der Waals surface area contributed by atoms with Gasteiger partial charge in [0.05, 0.1) is 5.56 Å². The lowest BCUT2D eigenvalue weighted by Gasteiger charge is -2.19. The minimum atomic E-state index is -0.360. The third-order valence-electron chi connectivity index (χ3n) is 3.18. The summed E-state index contributed by atoms with van der Waals surface area (Å²) in [4.78, 5) is 23.9. The van der Waals surface area contributed by atoms with Crippen LogP contribution in [0.1, 0.15) is 20.7 Å². The maximum absolute atomic E-state index is 12.1. The van der Waals surface area contributed by atoms with Gasteiger partial charge in [0.25, 0.3) is 11.8 Å². The highest BCUT2D eigenvalue weighted by Crippen LogP contribution is 2.31. The molecule has 0 atom stereocenters. The minimum absolute atomic E-state index is 0.344. The molecule has 94 valence electrons. The van der Waals surface area contributed by atoms with Crippen molar-refractivity contribution in [3.05, 3.63) is 54.1 Å². The summed E-state index contributed by atoms with van der Waals surface area (Å²) in [5.41, 5.74) is 1.77. The molecule has 4 nitrogen and oxygen atoms in total. The van der Waals surface area contributed by atoms with Crippen LogP contribution in [0.2, 0.25) is 0 Å². The Labute approximate surface area is 110 Å². The zero-order valence-electron chi connectivity index (χ0n) is 10.2. The van der Waals surface area contributed by atoms with E-state index in [1.807, 2.05) is 24.3 Å². The van der Waals surface area contributed by atoms with Gasteiger partial charge in [-0.3, -0.25) is 14.9 Å². The average molecular weight is 252 g/mol. The van der Waals surface area contributed by atoms with Gasteiger partial charge < -0.3 is 5.32 Å². The van der Waals surface area contributed by atoms with Gasteiger partial charge in [-0.15, -0.1) is 6.58 Å². The number of hydrogen-bond acceptors (Lipinski definition) is 3. The topological polar surface area (TPSA) is 58.2 Å². The third-order valence-corrected chi connectivity index (χ3v) is 3.18. The first-order chi connectivity index (χ1) is 9.22. The molecule has 1 heterocycles. The lowest BCUT2D eigenvalue weighted by Crippen LogP contribution is -2.35. The Morgan fingerprint density at radius 3 is 2.79 bits per heavy atom. The van der Waals surface area contributed by atoms with Crippen LogP contribution in [-0.2, 0) is 0 Å². The van der Waals surface area contributed by atoms with Crippen LogP contribution < -0.4 is 10.6 Å². The predicted molar refractivity (Wildman–Crippen MR) is 74.4 cm³/mol. The first-order valence-electron chi connectivity index (χ1n) is 5.98. The van der Waals surface area contributed by atoms with Crippen LogP contribution in [0.25, 0.3) is 10.8 Å². The maximum atomic E-state index is 12.1. The zero-order chi connectivity index (χ0) is 13.4. The first-order valence-corrected chi connectivity index (χ1v) is 5.98. The second-order valence-corrected chi connectivity index (χ2v) is 4.34. The Morgan fingerprint density at radius 1 is 1.16 bits per heavy atom. The molecule has 2 aromatic carbocycles. The third kappa shape index (κ3) is 1.69. The SMILES string of the molecule is C=CCNc1ccc2cccc3c2c1C(=O)NC3=O. The molecule has 4 heteroatoms. The van der Waals surface area contributed by atoms with Crippen LogP contribution in [0.15, 0.2) is 43.0 Å². The predicted octanol–water partition coefficient (Wildman–Crippen LogP) is 2.32. The van der Waals surface area contributed by atoms with Crippen LogP contribution in [0.3, 0.4) is 0 Å². The van der Waals surface area contributed by atoms with Crippen molar-refractivity contribution in [1.82, 2.24) is 5.32 Å². The van der Waals surface area contributed by atoms with E-state index in [4.69, 9.17) is 0 Å². The second-order valence-electron chi connectivity index (χ2n) is 4.34. The highest BCUT2D eigenvalue weighted by molar-refractivity contribution is 6.27. The number of carbonyl (C=O) groups is 2. The number of rotatable bonds is 3. The summed E-state index contributed by atoms with van der Waals surface area (Å²) in [5, 5.41) is 7.09. The number of imide groups is 1. The Hall–Kier alpha value is -2.62. The van der Waals surface area contributed by atoms with Gasteiger partial charge in [0.15, 0.2) is 0 Å². The normalized spacial score (nSPS) is 13.3. The Kier molecular flexibility index (Phi) is 2.56. The van der Waals surface area contributed by atoms with E-state index in [0.717, 1.165) is 5.39 Å². The second kappa shape index (κ2) is 4.24.